The van der Waals surface area contributed by atoms with Gasteiger partial charge >= 0.3 is 6.18 Å². The van der Waals surface area contributed by atoms with E-state index in [1.807, 2.05) is 0 Å². The quantitative estimate of drug-likeness (QED) is 0.505. The molecule has 2 aliphatic rings. The van der Waals surface area contributed by atoms with Gasteiger partial charge in [0, 0.05) is 48.7 Å². The van der Waals surface area contributed by atoms with Crippen LogP contribution in [-0.2, 0) is 20.5 Å². The molecule has 1 atom stereocenters. The van der Waals surface area contributed by atoms with Gasteiger partial charge in [-0.1, -0.05) is 23.4 Å². The number of nitrogens with zero attached hydrogens (tertiary/aromatic N) is 3. The average Bonchev–Trinajstić information content (AvgIpc) is 3.24. The Labute approximate surface area is 183 Å². The van der Waals surface area contributed by atoms with Crippen LogP contribution in [0.15, 0.2) is 34.9 Å². The Bertz CT molecular complexity index is 1090. The van der Waals surface area contributed by atoms with Gasteiger partial charge in [0.15, 0.2) is 5.82 Å². The molecule has 0 spiro atoms. The first-order valence-corrected chi connectivity index (χ1v) is 12.3. The largest absolute Gasteiger partial charge is 0.452 e. The van der Waals surface area contributed by atoms with Crippen molar-refractivity contribution >= 4 is 27.1 Å². The van der Waals surface area contributed by atoms with Gasteiger partial charge in [-0.3, -0.25) is 9.00 Å². The van der Waals surface area contributed by atoms with E-state index in [0.29, 0.717) is 24.3 Å². The van der Waals surface area contributed by atoms with E-state index < -0.39 is 33.3 Å². The van der Waals surface area contributed by atoms with Gasteiger partial charge in [-0.25, -0.2) is 4.39 Å². The first-order chi connectivity index (χ1) is 15.0. The van der Waals surface area contributed by atoms with E-state index in [1.54, 1.807) is 21.9 Å². The molecule has 0 bridgehead atoms. The normalized spacial score (nSPS) is 26.9. The van der Waals surface area contributed by atoms with Crippen LogP contribution in [0, 0.1) is 11.7 Å². The fraction of sp³-hybridized carbons (Fsp3) is 0.476. The highest BCUT2D eigenvalue weighted by Gasteiger charge is 2.40. The van der Waals surface area contributed by atoms with Crippen molar-refractivity contribution in [3.8, 4) is 0 Å². The molecule has 1 aromatic carbocycles. The first kappa shape index (κ1) is 22.6. The van der Waals surface area contributed by atoms with E-state index in [2.05, 4.69) is 15.6 Å². The van der Waals surface area contributed by atoms with E-state index >= 15 is 0 Å². The third-order valence-electron chi connectivity index (χ3n) is 6.05. The van der Waals surface area contributed by atoms with E-state index in [-0.39, 0.29) is 42.8 Å². The average molecular weight is 473 g/mol. The Morgan fingerprint density at radius 2 is 1.88 bits per heavy atom. The summed E-state index contributed by atoms with van der Waals surface area (Å²) in [4.78, 5) is 16.5. The molecule has 0 N–H and O–H groups in total. The lowest BCUT2D eigenvalue weighted by atomic mass is 9.96. The Hall–Kier alpha value is -2.56. The maximum absolute atomic E-state index is 14.7. The number of piperazine rings is 1. The minimum absolute atomic E-state index is 0.0137. The maximum atomic E-state index is 14.7. The molecule has 3 heterocycles. The van der Waals surface area contributed by atoms with E-state index in [1.165, 1.54) is 12.1 Å². The number of carbonyl (C=O) groups excluding carboxylic acids is 1. The summed E-state index contributed by atoms with van der Waals surface area (Å²) in [5.74, 6) is 2.23. The summed E-state index contributed by atoms with van der Waals surface area (Å²) in [6, 6.07) is 6.13. The molecule has 2 saturated heterocycles. The summed E-state index contributed by atoms with van der Waals surface area (Å²) in [6.45, 7) is 0.469. The van der Waals surface area contributed by atoms with Crippen LogP contribution in [-0.4, -0.2) is 57.2 Å². The van der Waals surface area contributed by atoms with Crippen molar-refractivity contribution in [2.24, 2.45) is 5.92 Å². The summed E-state index contributed by atoms with van der Waals surface area (Å²) >= 11 is 0. The third-order valence-corrected chi connectivity index (χ3v) is 8.01. The fourth-order valence-electron chi connectivity index (χ4n) is 4.26. The zero-order valence-electron chi connectivity index (χ0n) is 17.2. The number of hydrogen-bond acceptors (Lipinski definition) is 5. The van der Waals surface area contributed by atoms with E-state index in [9.17, 15) is 26.6 Å². The molecule has 1 amide bonds. The number of benzene rings is 1. The van der Waals surface area contributed by atoms with Gasteiger partial charge in [-0.05, 0) is 34.3 Å². The summed E-state index contributed by atoms with van der Waals surface area (Å²) in [6.07, 6.45) is -3.77. The molecule has 32 heavy (non-hydrogen) atoms. The van der Waals surface area contributed by atoms with E-state index in [0.717, 1.165) is 6.07 Å². The Kier molecular flexibility index (Phi) is 5.95. The maximum Gasteiger partial charge on any atom is 0.452 e. The SMILES string of the molecule is C=S1(=O)CCC(C(=O)N2CCN(c3cc(C(F)(F)F)on3)CC2c2ccccc2F)CC1. The lowest BCUT2D eigenvalue weighted by Crippen LogP contribution is -2.53. The Balaban J connectivity index is 1.60. The van der Waals surface area contributed by atoms with Gasteiger partial charge < -0.3 is 14.3 Å². The van der Waals surface area contributed by atoms with Crippen LogP contribution in [0.4, 0.5) is 23.4 Å². The number of carbonyl (C=O) groups is 1. The molecular weight excluding hydrogens is 450 g/mol. The Morgan fingerprint density at radius 1 is 1.19 bits per heavy atom. The summed E-state index contributed by atoms with van der Waals surface area (Å²) < 4.78 is 70.0. The van der Waals surface area contributed by atoms with Gasteiger partial charge in [0.1, 0.15) is 5.82 Å². The van der Waals surface area contributed by atoms with Crippen molar-refractivity contribution < 1.29 is 31.1 Å². The van der Waals surface area contributed by atoms with Crippen LogP contribution in [0.5, 0.6) is 0 Å². The molecule has 2 fully saturated rings. The van der Waals surface area contributed by atoms with Crippen molar-refractivity contribution in [3.63, 3.8) is 0 Å². The summed E-state index contributed by atoms with van der Waals surface area (Å²) in [5, 5.41) is 3.53. The number of alkyl halides is 3. The predicted molar refractivity (Wildman–Crippen MR) is 112 cm³/mol. The van der Waals surface area contributed by atoms with Gasteiger partial charge in [0.2, 0.25) is 11.7 Å². The number of rotatable bonds is 3. The second kappa shape index (κ2) is 8.42. The van der Waals surface area contributed by atoms with Crippen molar-refractivity contribution in [2.75, 3.05) is 36.0 Å². The molecule has 1 unspecified atom stereocenters. The molecule has 174 valence electrons. The molecule has 0 saturated carbocycles. The molecule has 0 radical (unpaired) electrons. The number of hydrogen-bond donors (Lipinski definition) is 0. The van der Waals surface area contributed by atoms with Gasteiger partial charge in [0.05, 0.1) is 6.04 Å². The predicted octanol–water partition coefficient (Wildman–Crippen LogP) is 3.35. The second-order valence-corrected chi connectivity index (χ2v) is 11.0. The molecule has 6 nitrogen and oxygen atoms in total. The zero-order chi connectivity index (χ0) is 23.1. The van der Waals surface area contributed by atoms with Gasteiger partial charge in [0.25, 0.3) is 0 Å². The highest BCUT2D eigenvalue weighted by atomic mass is 32.2. The molecular formula is C21H23F4N3O3S. The van der Waals surface area contributed by atoms with Gasteiger partial charge in [-0.15, -0.1) is 0 Å². The number of aromatic nitrogens is 1. The topological polar surface area (TPSA) is 66.7 Å². The van der Waals surface area contributed by atoms with Crippen molar-refractivity contribution in [1.29, 1.82) is 0 Å². The number of anilines is 1. The van der Waals surface area contributed by atoms with Crippen molar-refractivity contribution in [2.45, 2.75) is 25.1 Å². The van der Waals surface area contributed by atoms with Crippen LogP contribution in [0.1, 0.15) is 30.2 Å². The first-order valence-electron chi connectivity index (χ1n) is 10.2. The van der Waals surface area contributed by atoms with Gasteiger partial charge in [-0.2, -0.15) is 13.2 Å². The third kappa shape index (κ3) is 4.62. The fourth-order valence-corrected chi connectivity index (χ4v) is 5.89. The number of amides is 1. The minimum Gasteiger partial charge on any atom is -0.350 e. The molecule has 2 aliphatic heterocycles. The molecule has 11 heteroatoms. The van der Waals surface area contributed by atoms with Crippen molar-refractivity contribution in [3.05, 3.63) is 47.5 Å². The molecule has 0 aliphatic carbocycles. The second-order valence-electron chi connectivity index (χ2n) is 8.21. The summed E-state index contributed by atoms with van der Waals surface area (Å²) in [5.41, 5.74) is 0.279. The highest BCUT2D eigenvalue weighted by molar-refractivity contribution is 8.00. The van der Waals surface area contributed by atoms with Crippen LogP contribution in [0.2, 0.25) is 0 Å². The monoisotopic (exact) mass is 473 g/mol. The van der Waals surface area contributed by atoms with Crippen molar-refractivity contribution in [1.82, 2.24) is 10.1 Å². The van der Waals surface area contributed by atoms with Crippen LogP contribution < -0.4 is 4.90 Å². The smallest absolute Gasteiger partial charge is 0.350 e. The lowest BCUT2D eigenvalue weighted by Gasteiger charge is -2.43. The standard InChI is InChI=1S/C21H23F4N3O3S/c1-32(30)10-6-14(7-11-32)20(29)28-9-8-27(19-12-18(31-26-19)21(23,24)25)13-17(28)15-4-2-3-5-16(15)22/h2-5,12,14,17H,1,6-11,13H2. The summed E-state index contributed by atoms with van der Waals surface area (Å²) in [7, 11) is -2.16. The molecule has 4 rings (SSSR count). The van der Waals surface area contributed by atoms with Crippen LogP contribution in [0.3, 0.4) is 0 Å². The molecule has 1 aromatic heterocycles. The minimum atomic E-state index is -4.66. The molecule has 2 aromatic rings. The zero-order valence-corrected chi connectivity index (χ0v) is 18.0. The highest BCUT2D eigenvalue weighted by Crippen LogP contribution is 2.35. The Morgan fingerprint density at radius 3 is 2.50 bits per heavy atom. The lowest BCUT2D eigenvalue weighted by molar-refractivity contribution is -0.155. The van der Waals surface area contributed by atoms with Crippen LogP contribution in [0.25, 0.3) is 0 Å². The van der Waals surface area contributed by atoms with E-state index in [4.69, 9.17) is 0 Å². The van der Waals surface area contributed by atoms with Crippen LogP contribution >= 0.6 is 0 Å². The number of halogens is 4.